The van der Waals surface area contributed by atoms with Crippen LogP contribution in [0.4, 0.5) is 18.9 Å². The number of hydrogen-bond donors (Lipinski definition) is 2. The Hall–Kier alpha value is -2.55. The number of halogens is 3. The number of alkyl halides is 3. The molecule has 5 nitrogen and oxygen atoms in total. The van der Waals surface area contributed by atoms with Gasteiger partial charge in [0.25, 0.3) is 15.9 Å². The van der Waals surface area contributed by atoms with Crippen LogP contribution in [0.3, 0.4) is 0 Å². The minimum Gasteiger partial charge on any atom is -0.349 e. The Balaban J connectivity index is 2.17. The van der Waals surface area contributed by atoms with Gasteiger partial charge in [0.05, 0.1) is 10.5 Å². The van der Waals surface area contributed by atoms with Crippen molar-refractivity contribution in [2.24, 2.45) is 5.92 Å². The molecular formula is C19H21F3N2O3S. The van der Waals surface area contributed by atoms with Crippen molar-refractivity contribution in [1.82, 2.24) is 5.32 Å². The highest BCUT2D eigenvalue weighted by Crippen LogP contribution is 2.31. The van der Waals surface area contributed by atoms with Crippen LogP contribution in [0.15, 0.2) is 53.4 Å². The summed E-state index contributed by atoms with van der Waals surface area (Å²) in [6.07, 6.45) is -4.58. The standard InChI is InChI=1S/C19H21F3N2O3S/c1-12(2)13(3)23-18(25)14-7-9-17(10-8-14)28(26,27)24-16-6-4-5-15(11-16)19(20,21)22/h4-13,24H,1-3H3,(H,23,25). The minimum atomic E-state index is -4.58. The first-order valence-electron chi connectivity index (χ1n) is 8.51. The summed E-state index contributed by atoms with van der Waals surface area (Å²) in [5, 5.41) is 2.80. The largest absolute Gasteiger partial charge is 0.416 e. The van der Waals surface area contributed by atoms with Gasteiger partial charge in [0, 0.05) is 17.3 Å². The molecule has 2 aromatic rings. The van der Waals surface area contributed by atoms with E-state index in [2.05, 4.69) is 10.0 Å². The van der Waals surface area contributed by atoms with Gasteiger partial charge in [-0.2, -0.15) is 13.2 Å². The quantitative estimate of drug-likeness (QED) is 0.741. The lowest BCUT2D eigenvalue weighted by Crippen LogP contribution is -2.36. The van der Waals surface area contributed by atoms with Crippen LogP contribution in [0.1, 0.15) is 36.7 Å². The first-order chi connectivity index (χ1) is 12.9. The van der Waals surface area contributed by atoms with Crippen LogP contribution in [0.5, 0.6) is 0 Å². The highest BCUT2D eigenvalue weighted by atomic mass is 32.2. The molecule has 0 bridgehead atoms. The molecule has 1 unspecified atom stereocenters. The lowest BCUT2D eigenvalue weighted by molar-refractivity contribution is -0.137. The number of hydrogen-bond acceptors (Lipinski definition) is 3. The van der Waals surface area contributed by atoms with E-state index in [4.69, 9.17) is 0 Å². The fourth-order valence-corrected chi connectivity index (χ4v) is 3.26. The topological polar surface area (TPSA) is 75.3 Å². The van der Waals surface area contributed by atoms with Crippen LogP contribution in [0, 0.1) is 5.92 Å². The average Bonchev–Trinajstić information content (AvgIpc) is 2.60. The maximum absolute atomic E-state index is 12.8. The summed E-state index contributed by atoms with van der Waals surface area (Å²) in [6.45, 7) is 5.78. The Morgan fingerprint density at radius 1 is 1.00 bits per heavy atom. The number of benzene rings is 2. The second-order valence-corrected chi connectivity index (χ2v) is 8.40. The van der Waals surface area contributed by atoms with Gasteiger partial charge in [-0.1, -0.05) is 19.9 Å². The number of carbonyl (C=O) groups is 1. The van der Waals surface area contributed by atoms with E-state index in [1.54, 1.807) is 0 Å². The molecule has 0 spiro atoms. The molecule has 1 atom stereocenters. The highest BCUT2D eigenvalue weighted by Gasteiger charge is 2.30. The van der Waals surface area contributed by atoms with E-state index in [0.29, 0.717) is 6.07 Å². The van der Waals surface area contributed by atoms with E-state index >= 15 is 0 Å². The summed E-state index contributed by atoms with van der Waals surface area (Å²) in [6, 6.07) is 9.00. The van der Waals surface area contributed by atoms with Crippen LogP contribution in [-0.4, -0.2) is 20.4 Å². The van der Waals surface area contributed by atoms with E-state index in [1.807, 2.05) is 20.8 Å². The molecule has 0 aliphatic carbocycles. The smallest absolute Gasteiger partial charge is 0.349 e. The molecule has 2 rings (SSSR count). The normalized spacial score (nSPS) is 13.2. The Morgan fingerprint density at radius 2 is 1.61 bits per heavy atom. The second kappa shape index (κ2) is 8.22. The van der Waals surface area contributed by atoms with Crippen molar-refractivity contribution < 1.29 is 26.4 Å². The molecule has 152 valence electrons. The lowest BCUT2D eigenvalue weighted by Gasteiger charge is -2.17. The van der Waals surface area contributed by atoms with Crippen molar-refractivity contribution in [2.75, 3.05) is 4.72 Å². The number of rotatable bonds is 6. The van der Waals surface area contributed by atoms with Crippen molar-refractivity contribution in [1.29, 1.82) is 0 Å². The molecule has 0 radical (unpaired) electrons. The van der Waals surface area contributed by atoms with Gasteiger partial charge in [-0.3, -0.25) is 9.52 Å². The molecule has 0 aromatic heterocycles. The Bertz CT molecular complexity index is 940. The summed E-state index contributed by atoms with van der Waals surface area (Å²) < 4.78 is 65.3. The Morgan fingerprint density at radius 3 is 2.14 bits per heavy atom. The fraction of sp³-hybridized carbons (Fsp3) is 0.316. The molecule has 0 fully saturated rings. The Kier molecular flexibility index (Phi) is 6.38. The van der Waals surface area contributed by atoms with Crippen LogP contribution < -0.4 is 10.0 Å². The molecule has 0 saturated carbocycles. The van der Waals surface area contributed by atoms with E-state index in [9.17, 15) is 26.4 Å². The monoisotopic (exact) mass is 414 g/mol. The molecule has 2 N–H and O–H groups in total. The number of nitrogens with one attached hydrogen (secondary N) is 2. The van der Waals surface area contributed by atoms with Crippen LogP contribution in [-0.2, 0) is 16.2 Å². The highest BCUT2D eigenvalue weighted by molar-refractivity contribution is 7.92. The number of sulfonamides is 1. The molecular weight excluding hydrogens is 393 g/mol. The predicted octanol–water partition coefficient (Wildman–Crippen LogP) is 4.28. The molecule has 2 aromatic carbocycles. The first kappa shape index (κ1) is 21.7. The zero-order valence-electron chi connectivity index (χ0n) is 15.5. The van der Waals surface area contributed by atoms with Crippen LogP contribution >= 0.6 is 0 Å². The van der Waals surface area contributed by atoms with Gasteiger partial charge in [0.1, 0.15) is 0 Å². The van der Waals surface area contributed by atoms with E-state index in [0.717, 1.165) is 12.1 Å². The third-order valence-corrected chi connectivity index (χ3v) is 5.62. The minimum absolute atomic E-state index is 0.0570. The SMILES string of the molecule is CC(C)C(C)NC(=O)c1ccc(S(=O)(=O)Nc2cccc(C(F)(F)F)c2)cc1. The predicted molar refractivity (Wildman–Crippen MR) is 100 cm³/mol. The summed E-state index contributed by atoms with van der Waals surface area (Å²) in [5.41, 5.74) is -0.882. The molecule has 0 aliphatic rings. The molecule has 0 heterocycles. The third kappa shape index (κ3) is 5.48. The second-order valence-electron chi connectivity index (χ2n) is 6.71. The van der Waals surface area contributed by atoms with Gasteiger partial charge in [-0.05, 0) is 55.3 Å². The molecule has 0 saturated heterocycles. The summed E-state index contributed by atoms with van der Waals surface area (Å²) in [7, 11) is -4.10. The summed E-state index contributed by atoms with van der Waals surface area (Å²) in [5.74, 6) is -0.101. The van der Waals surface area contributed by atoms with Gasteiger partial charge < -0.3 is 5.32 Å². The van der Waals surface area contributed by atoms with Crippen molar-refractivity contribution in [3.05, 3.63) is 59.7 Å². The van der Waals surface area contributed by atoms with Gasteiger partial charge in [-0.15, -0.1) is 0 Å². The van der Waals surface area contributed by atoms with Crippen molar-refractivity contribution in [3.63, 3.8) is 0 Å². The lowest BCUT2D eigenvalue weighted by atomic mass is 10.1. The van der Waals surface area contributed by atoms with E-state index in [-0.39, 0.29) is 34.0 Å². The molecule has 1 amide bonds. The van der Waals surface area contributed by atoms with Crippen molar-refractivity contribution in [3.8, 4) is 0 Å². The van der Waals surface area contributed by atoms with Gasteiger partial charge in [0.2, 0.25) is 0 Å². The van der Waals surface area contributed by atoms with Crippen LogP contribution in [0.2, 0.25) is 0 Å². The van der Waals surface area contributed by atoms with E-state index in [1.165, 1.54) is 30.3 Å². The zero-order chi connectivity index (χ0) is 21.1. The van der Waals surface area contributed by atoms with E-state index < -0.39 is 21.8 Å². The van der Waals surface area contributed by atoms with Crippen molar-refractivity contribution >= 4 is 21.6 Å². The maximum Gasteiger partial charge on any atom is 0.416 e. The molecule has 0 aliphatic heterocycles. The summed E-state index contributed by atoms with van der Waals surface area (Å²) in [4.78, 5) is 12.0. The Labute approximate surface area is 162 Å². The number of amides is 1. The number of carbonyl (C=O) groups excluding carboxylic acids is 1. The molecule has 9 heteroatoms. The maximum atomic E-state index is 12.8. The zero-order valence-corrected chi connectivity index (χ0v) is 16.4. The summed E-state index contributed by atoms with van der Waals surface area (Å²) >= 11 is 0. The van der Waals surface area contributed by atoms with Gasteiger partial charge in [-0.25, -0.2) is 8.42 Å². The fourth-order valence-electron chi connectivity index (χ4n) is 2.22. The van der Waals surface area contributed by atoms with Crippen LogP contribution in [0.25, 0.3) is 0 Å². The molecule has 28 heavy (non-hydrogen) atoms. The van der Waals surface area contributed by atoms with Gasteiger partial charge >= 0.3 is 6.18 Å². The third-order valence-electron chi connectivity index (χ3n) is 4.23. The van der Waals surface area contributed by atoms with Crippen molar-refractivity contribution in [2.45, 2.75) is 37.9 Å². The number of anilines is 1. The van der Waals surface area contributed by atoms with Gasteiger partial charge in [0.15, 0.2) is 0 Å². The first-order valence-corrected chi connectivity index (χ1v) is 9.99. The average molecular weight is 414 g/mol.